The fourth-order valence-electron chi connectivity index (χ4n) is 3.39. The highest BCUT2D eigenvalue weighted by Crippen LogP contribution is 2.19. The van der Waals surface area contributed by atoms with E-state index < -0.39 is 0 Å². The summed E-state index contributed by atoms with van der Waals surface area (Å²) in [6.07, 6.45) is 5.08. The molecule has 0 bridgehead atoms. The van der Waals surface area contributed by atoms with E-state index in [9.17, 15) is 10.0 Å². The Bertz CT molecular complexity index is 647. The summed E-state index contributed by atoms with van der Waals surface area (Å²) in [5, 5.41) is 22.3. The average molecular weight is 390 g/mol. The van der Waals surface area contributed by atoms with Gasteiger partial charge in [-0.2, -0.15) is 5.26 Å². The smallest absolute Gasteiger partial charge is 0.227 e. The van der Waals surface area contributed by atoms with Gasteiger partial charge in [-0.15, -0.1) is 11.8 Å². The van der Waals surface area contributed by atoms with Crippen LogP contribution < -0.4 is 5.43 Å². The summed E-state index contributed by atoms with van der Waals surface area (Å²) in [6.45, 7) is 2.42. The van der Waals surface area contributed by atoms with Crippen molar-refractivity contribution in [2.75, 3.05) is 37.8 Å². The molecule has 3 heterocycles. The van der Waals surface area contributed by atoms with Crippen molar-refractivity contribution in [3.8, 4) is 6.07 Å². The number of rotatable bonds is 7. The maximum absolute atomic E-state index is 12.4. The van der Waals surface area contributed by atoms with E-state index in [1.165, 1.54) is 0 Å². The van der Waals surface area contributed by atoms with Gasteiger partial charge in [0.05, 0.1) is 12.5 Å². The molecule has 1 amide bonds. The molecule has 8 nitrogen and oxygen atoms in total. The first kappa shape index (κ1) is 20.0. The van der Waals surface area contributed by atoms with Crippen molar-refractivity contribution < 1.29 is 4.79 Å². The van der Waals surface area contributed by atoms with Crippen LogP contribution in [0, 0.1) is 16.5 Å². The number of hydrogen-bond donors (Lipinski definition) is 1. The fraction of sp³-hybridized carbons (Fsp3) is 0.611. The molecular formula is C18H25N6O2S-. The van der Waals surface area contributed by atoms with Crippen LogP contribution in [0.25, 0.3) is 0 Å². The number of hydrogen-bond acceptors (Lipinski definition) is 8. The molecule has 1 aromatic heterocycles. The van der Waals surface area contributed by atoms with Crippen LogP contribution in [0.1, 0.15) is 18.4 Å². The zero-order chi connectivity index (χ0) is 19.1. The van der Waals surface area contributed by atoms with E-state index in [2.05, 4.69) is 21.4 Å². The normalized spacial score (nSPS) is 21.5. The van der Waals surface area contributed by atoms with Crippen LogP contribution in [-0.2, 0) is 11.2 Å². The molecule has 1 unspecified atom stereocenters. The Labute approximate surface area is 164 Å². The monoisotopic (exact) mass is 389 g/mol. The van der Waals surface area contributed by atoms with Crippen molar-refractivity contribution in [2.45, 2.75) is 31.3 Å². The summed E-state index contributed by atoms with van der Waals surface area (Å²) in [4.78, 5) is 20.3. The van der Waals surface area contributed by atoms with Crippen LogP contribution in [0.4, 0.5) is 0 Å². The molecule has 3 rings (SSSR count). The lowest BCUT2D eigenvalue weighted by atomic mass is 10.0. The first-order valence-corrected chi connectivity index (χ1v) is 10.4. The maximum atomic E-state index is 12.4. The van der Waals surface area contributed by atoms with Crippen molar-refractivity contribution in [1.82, 2.24) is 25.4 Å². The summed E-state index contributed by atoms with van der Waals surface area (Å²) in [5.41, 5.74) is 3.82. The number of thioether (sulfide) groups is 1. The van der Waals surface area contributed by atoms with E-state index in [-0.39, 0.29) is 18.0 Å². The van der Waals surface area contributed by atoms with Crippen LogP contribution in [0.3, 0.4) is 0 Å². The fourth-order valence-corrected chi connectivity index (χ4v) is 4.55. The third-order valence-electron chi connectivity index (χ3n) is 5.02. The summed E-state index contributed by atoms with van der Waals surface area (Å²) >= 11 is 1.75. The number of aromatic nitrogens is 1. The van der Waals surface area contributed by atoms with E-state index in [0.29, 0.717) is 45.4 Å². The number of carbonyl (C=O) groups excluding carboxylic acids is 1. The van der Waals surface area contributed by atoms with E-state index in [1.54, 1.807) is 24.2 Å². The third kappa shape index (κ3) is 5.64. The predicted octanol–water partition coefficient (Wildman–Crippen LogP) is 0.818. The minimum absolute atomic E-state index is 0.0500. The number of hydrazine groups is 1. The van der Waals surface area contributed by atoms with Crippen molar-refractivity contribution in [3.05, 3.63) is 35.3 Å². The second-order valence-electron chi connectivity index (χ2n) is 6.84. The van der Waals surface area contributed by atoms with Gasteiger partial charge in [-0.05, 0) is 24.5 Å². The molecule has 2 saturated heterocycles. The van der Waals surface area contributed by atoms with Crippen molar-refractivity contribution in [1.29, 1.82) is 5.26 Å². The van der Waals surface area contributed by atoms with E-state index in [1.807, 2.05) is 17.0 Å². The maximum Gasteiger partial charge on any atom is 0.227 e. The molecule has 27 heavy (non-hydrogen) atoms. The molecule has 146 valence electrons. The zero-order valence-corrected chi connectivity index (χ0v) is 16.1. The summed E-state index contributed by atoms with van der Waals surface area (Å²) < 4.78 is 0. The number of pyridine rings is 1. The lowest BCUT2D eigenvalue weighted by molar-refractivity contribution is -0.132. The lowest BCUT2D eigenvalue weighted by Crippen LogP contribution is -2.50. The number of carbonyl (C=O) groups is 1. The highest BCUT2D eigenvalue weighted by molar-refractivity contribution is 7.99. The molecule has 2 aliphatic rings. The number of nitrogens with one attached hydrogen (secondary N) is 1. The standard InChI is InChI=1S/C18H25N6O2S/c19-11-17-13-27-14-23(17)9-6-21-24(26)16-3-7-22(8-4-16)18(25)10-15-2-1-5-20-12-15/h1-2,5,12,16-17,21H,3-4,6-10,13-14H2/q-1. The number of likely N-dealkylation sites (tertiary alicyclic amines) is 1. The van der Waals surface area contributed by atoms with Gasteiger partial charge in [-0.25, -0.2) is 0 Å². The van der Waals surface area contributed by atoms with Crippen molar-refractivity contribution in [2.24, 2.45) is 0 Å². The van der Waals surface area contributed by atoms with E-state index in [0.717, 1.165) is 22.4 Å². The second kappa shape index (κ2) is 10.0. The van der Waals surface area contributed by atoms with Gasteiger partial charge in [0.1, 0.15) is 6.04 Å². The van der Waals surface area contributed by atoms with Crippen molar-refractivity contribution in [3.63, 3.8) is 0 Å². The lowest BCUT2D eigenvalue weighted by Gasteiger charge is -2.42. The molecule has 1 atom stereocenters. The minimum atomic E-state index is -0.118. The zero-order valence-electron chi connectivity index (χ0n) is 15.3. The molecule has 9 heteroatoms. The summed E-state index contributed by atoms with van der Waals surface area (Å²) in [6, 6.07) is 5.85. The number of amides is 1. The average Bonchev–Trinajstić information content (AvgIpc) is 3.16. The minimum Gasteiger partial charge on any atom is -0.771 e. The summed E-state index contributed by atoms with van der Waals surface area (Å²) in [7, 11) is 0. The number of nitriles is 1. The molecule has 2 aliphatic heterocycles. The van der Waals surface area contributed by atoms with Gasteiger partial charge in [-0.1, -0.05) is 6.07 Å². The Morgan fingerprint density at radius 2 is 2.30 bits per heavy atom. The topological polar surface area (TPSA) is 98.6 Å². The molecule has 1 aromatic rings. The van der Waals surface area contributed by atoms with Gasteiger partial charge >= 0.3 is 0 Å². The molecule has 0 radical (unpaired) electrons. The number of nitrogens with zero attached hydrogens (tertiary/aromatic N) is 5. The molecule has 0 aromatic carbocycles. The summed E-state index contributed by atoms with van der Waals surface area (Å²) in [5.74, 6) is 1.76. The highest BCUT2D eigenvalue weighted by Gasteiger charge is 2.25. The van der Waals surface area contributed by atoms with Gasteiger partial charge in [0.25, 0.3) is 0 Å². The third-order valence-corrected chi connectivity index (χ3v) is 6.08. The van der Waals surface area contributed by atoms with Crippen LogP contribution in [0.2, 0.25) is 0 Å². The van der Waals surface area contributed by atoms with E-state index in [4.69, 9.17) is 5.26 Å². The Hall–Kier alpha value is -1.70. The van der Waals surface area contributed by atoms with Crippen LogP contribution in [0.5, 0.6) is 0 Å². The Morgan fingerprint density at radius 1 is 1.48 bits per heavy atom. The molecule has 0 saturated carbocycles. The van der Waals surface area contributed by atoms with Gasteiger partial charge in [0.2, 0.25) is 5.91 Å². The number of piperidine rings is 1. The van der Waals surface area contributed by atoms with Crippen LogP contribution in [-0.4, -0.2) is 75.8 Å². The van der Waals surface area contributed by atoms with Crippen LogP contribution in [0.15, 0.2) is 24.5 Å². The quantitative estimate of drug-likeness (QED) is 0.685. The van der Waals surface area contributed by atoms with Gasteiger partial charge in [-0.3, -0.25) is 20.1 Å². The predicted molar refractivity (Wildman–Crippen MR) is 104 cm³/mol. The van der Waals surface area contributed by atoms with Gasteiger partial charge in [0, 0.05) is 56.2 Å². The van der Waals surface area contributed by atoms with Crippen molar-refractivity contribution >= 4 is 17.7 Å². The molecule has 1 N–H and O–H groups in total. The second-order valence-corrected chi connectivity index (χ2v) is 7.84. The van der Waals surface area contributed by atoms with E-state index >= 15 is 0 Å². The molecule has 0 aliphatic carbocycles. The molecule has 2 fully saturated rings. The highest BCUT2D eigenvalue weighted by atomic mass is 32.2. The largest absolute Gasteiger partial charge is 0.771 e. The Morgan fingerprint density at radius 3 is 3.00 bits per heavy atom. The van der Waals surface area contributed by atoms with Crippen LogP contribution >= 0.6 is 11.8 Å². The molecular weight excluding hydrogens is 364 g/mol. The SMILES string of the molecule is N#CC1CSCN1CCNN([O-])C1CCN(C(=O)Cc2cccnc2)CC1. The number of hydroxylamine groups is 1. The Balaban J connectivity index is 1.36. The first-order valence-electron chi connectivity index (χ1n) is 9.25. The Kier molecular flexibility index (Phi) is 7.43. The first-order chi connectivity index (χ1) is 13.2. The van der Waals surface area contributed by atoms with Gasteiger partial charge in [0.15, 0.2) is 0 Å². The molecule has 0 spiro atoms. The van der Waals surface area contributed by atoms with Gasteiger partial charge < -0.3 is 15.3 Å².